The summed E-state index contributed by atoms with van der Waals surface area (Å²) in [6.45, 7) is 0.125. The zero-order valence-corrected chi connectivity index (χ0v) is 15.8. The Balaban J connectivity index is 2.19. The van der Waals surface area contributed by atoms with Crippen LogP contribution in [0.3, 0.4) is 0 Å². The third kappa shape index (κ3) is 5.82. The molecular weight excluding hydrogens is 403 g/mol. The fourth-order valence-electron chi connectivity index (χ4n) is 2.84. The number of hydrogen-bond acceptors (Lipinski definition) is 5. The van der Waals surface area contributed by atoms with Gasteiger partial charge >= 0.3 is 12.1 Å². The largest absolute Gasteiger partial charge is 0.480 e. The van der Waals surface area contributed by atoms with Crippen molar-refractivity contribution in [1.82, 2.24) is 10.2 Å². The van der Waals surface area contributed by atoms with Gasteiger partial charge in [0.1, 0.15) is 11.7 Å². The van der Waals surface area contributed by atoms with Crippen LogP contribution in [0.4, 0.5) is 13.2 Å². The first-order valence-electron chi connectivity index (χ1n) is 8.98. The molecule has 10 heteroatoms. The second-order valence-electron chi connectivity index (χ2n) is 6.49. The summed E-state index contributed by atoms with van der Waals surface area (Å²) in [5.74, 6) is -0.440. The molecule has 2 rings (SSSR count). The first-order chi connectivity index (χ1) is 14.2. The van der Waals surface area contributed by atoms with E-state index in [9.17, 15) is 32.7 Å². The van der Waals surface area contributed by atoms with E-state index in [1.54, 1.807) is 5.94 Å². The van der Waals surface area contributed by atoms with Crippen molar-refractivity contribution in [2.24, 2.45) is 5.73 Å². The van der Waals surface area contributed by atoms with Crippen LogP contribution >= 0.6 is 0 Å². The number of amides is 1. The number of hydrogen-bond donors (Lipinski definition) is 3. The van der Waals surface area contributed by atoms with Gasteiger partial charge in [-0.3, -0.25) is 4.79 Å². The Hall–Kier alpha value is -3.36. The van der Waals surface area contributed by atoms with Gasteiger partial charge in [-0.15, -0.1) is 0 Å². The molecule has 1 atom stereocenters. The zero-order chi connectivity index (χ0) is 22.3. The van der Waals surface area contributed by atoms with Crippen molar-refractivity contribution in [1.29, 1.82) is 0 Å². The molecule has 0 bridgehead atoms. The molecule has 0 saturated heterocycles. The molecule has 0 saturated carbocycles. The number of carbonyl (C=O) groups excluding carboxylic acids is 2. The maximum Gasteiger partial charge on any atom is 0.416 e. The molecule has 1 amide bonds. The Morgan fingerprint density at radius 2 is 2.03 bits per heavy atom. The van der Waals surface area contributed by atoms with Gasteiger partial charge in [0, 0.05) is 12.7 Å². The number of allylic oxidation sites excluding steroid dienone is 2. The molecular formula is C20H20F3N3O4. The van der Waals surface area contributed by atoms with E-state index in [1.807, 2.05) is 0 Å². The number of nitrogens with two attached hydrogens (primary N) is 1. The summed E-state index contributed by atoms with van der Waals surface area (Å²) < 4.78 is 38.8. The second-order valence-corrected chi connectivity index (χ2v) is 6.49. The quantitative estimate of drug-likeness (QED) is 0.552. The smallest absolute Gasteiger partial charge is 0.416 e. The molecule has 0 radical (unpaired) electrons. The van der Waals surface area contributed by atoms with Crippen molar-refractivity contribution in [2.75, 3.05) is 6.54 Å². The van der Waals surface area contributed by atoms with E-state index in [0.717, 1.165) is 12.1 Å². The van der Waals surface area contributed by atoms with Gasteiger partial charge < -0.3 is 21.1 Å². The molecule has 0 spiro atoms. The van der Waals surface area contributed by atoms with Crippen LogP contribution < -0.4 is 11.1 Å². The topological polar surface area (TPSA) is 113 Å². The van der Waals surface area contributed by atoms with Crippen LogP contribution in [0.15, 0.2) is 53.9 Å². The van der Waals surface area contributed by atoms with Crippen molar-refractivity contribution < 1.29 is 32.7 Å². The van der Waals surface area contributed by atoms with Crippen LogP contribution in [-0.4, -0.2) is 40.4 Å². The number of nitrogens with zero attached hydrogens (tertiary/aromatic N) is 1. The highest BCUT2D eigenvalue weighted by molar-refractivity contribution is 6.02. The van der Waals surface area contributed by atoms with E-state index in [1.165, 1.54) is 35.4 Å². The lowest BCUT2D eigenvalue weighted by atomic mass is 10.0. The highest BCUT2D eigenvalue weighted by Gasteiger charge is 2.31. The van der Waals surface area contributed by atoms with Crippen molar-refractivity contribution in [3.63, 3.8) is 0 Å². The van der Waals surface area contributed by atoms with Gasteiger partial charge in [0.05, 0.1) is 11.1 Å². The molecule has 160 valence electrons. The summed E-state index contributed by atoms with van der Waals surface area (Å²) in [5, 5.41) is 11.6. The predicted molar refractivity (Wildman–Crippen MR) is 101 cm³/mol. The Morgan fingerprint density at radius 1 is 1.30 bits per heavy atom. The zero-order valence-electron chi connectivity index (χ0n) is 15.8. The van der Waals surface area contributed by atoms with Crippen LogP contribution in [0.25, 0.3) is 0 Å². The molecule has 30 heavy (non-hydrogen) atoms. The lowest BCUT2D eigenvalue weighted by Crippen LogP contribution is -2.43. The van der Waals surface area contributed by atoms with E-state index in [0.29, 0.717) is 6.42 Å². The van der Waals surface area contributed by atoms with Gasteiger partial charge in [-0.05, 0) is 49.2 Å². The SMILES string of the molecule is NCCCC(NC(=O)C1=CC=CN(Cc2cccc(C(F)(F)F)c2)C1=C=O)C(=O)O. The lowest BCUT2D eigenvalue weighted by Gasteiger charge is -2.26. The Morgan fingerprint density at radius 3 is 2.63 bits per heavy atom. The van der Waals surface area contributed by atoms with Gasteiger partial charge in [0.2, 0.25) is 0 Å². The number of carbonyl (C=O) groups is 2. The third-order valence-corrected chi connectivity index (χ3v) is 4.32. The minimum atomic E-state index is -4.52. The monoisotopic (exact) mass is 423 g/mol. The van der Waals surface area contributed by atoms with Gasteiger partial charge in [0.15, 0.2) is 5.94 Å². The van der Waals surface area contributed by atoms with E-state index < -0.39 is 29.7 Å². The average Bonchev–Trinajstić information content (AvgIpc) is 2.70. The van der Waals surface area contributed by atoms with Crippen LogP contribution in [-0.2, 0) is 27.1 Å². The Kier molecular flexibility index (Phi) is 7.57. The summed E-state index contributed by atoms with van der Waals surface area (Å²) in [7, 11) is 0. The number of aliphatic carboxylic acids is 1. The van der Waals surface area contributed by atoms with Crippen molar-refractivity contribution >= 4 is 17.8 Å². The number of nitrogens with one attached hydrogen (secondary N) is 1. The van der Waals surface area contributed by atoms with Crippen molar-refractivity contribution in [3.8, 4) is 0 Å². The first kappa shape index (κ1) is 22.9. The minimum absolute atomic E-state index is 0.106. The van der Waals surface area contributed by atoms with E-state index in [-0.39, 0.29) is 36.3 Å². The van der Waals surface area contributed by atoms with Gasteiger partial charge in [0.25, 0.3) is 5.91 Å². The summed E-state index contributed by atoms with van der Waals surface area (Å²) in [4.78, 5) is 36.7. The molecule has 0 aliphatic carbocycles. The third-order valence-electron chi connectivity index (χ3n) is 4.32. The lowest BCUT2D eigenvalue weighted by molar-refractivity contribution is -0.141. The minimum Gasteiger partial charge on any atom is -0.480 e. The second kappa shape index (κ2) is 9.91. The maximum absolute atomic E-state index is 12.9. The number of alkyl halides is 3. The van der Waals surface area contributed by atoms with Gasteiger partial charge in [-0.1, -0.05) is 12.1 Å². The molecule has 1 aromatic rings. The standard InChI is InChI=1S/C20H20F3N3O4/c21-20(22,23)14-5-1-4-13(10-14)11-26-9-3-6-15(17(26)12-27)18(28)25-16(19(29)30)7-2-8-24/h1,3-6,9-10,16H,2,7-8,11,24H2,(H,25,28)(H,29,30). The first-order valence-corrected chi connectivity index (χ1v) is 8.98. The number of halogens is 3. The molecule has 1 heterocycles. The molecule has 4 N–H and O–H groups in total. The summed E-state index contributed by atoms with van der Waals surface area (Å²) in [6.07, 6.45) is 0.111. The molecule has 0 fully saturated rings. The van der Waals surface area contributed by atoms with Crippen LogP contribution in [0, 0.1) is 0 Å². The summed E-state index contributed by atoms with van der Waals surface area (Å²) in [5.41, 5.74) is 4.43. The number of carboxylic acid groups (broad SMARTS) is 1. The van der Waals surface area contributed by atoms with Gasteiger partial charge in [-0.2, -0.15) is 13.2 Å². The average molecular weight is 423 g/mol. The number of benzene rings is 1. The van der Waals surface area contributed by atoms with Gasteiger partial charge in [-0.25, -0.2) is 9.59 Å². The van der Waals surface area contributed by atoms with Crippen LogP contribution in [0.2, 0.25) is 0 Å². The van der Waals surface area contributed by atoms with Crippen molar-refractivity contribution in [3.05, 3.63) is 65.0 Å². The number of rotatable bonds is 8. The number of carboxylic acids is 1. The van der Waals surface area contributed by atoms with E-state index >= 15 is 0 Å². The molecule has 1 aromatic carbocycles. The predicted octanol–water partition coefficient (Wildman–Crippen LogP) is 1.98. The highest BCUT2D eigenvalue weighted by Crippen LogP contribution is 2.30. The maximum atomic E-state index is 12.9. The molecule has 1 unspecified atom stereocenters. The van der Waals surface area contributed by atoms with Crippen molar-refractivity contribution in [2.45, 2.75) is 31.6 Å². The Bertz CT molecular complexity index is 918. The van der Waals surface area contributed by atoms with E-state index in [4.69, 9.17) is 5.73 Å². The summed E-state index contributed by atoms with van der Waals surface area (Å²) in [6, 6.07) is 3.38. The molecule has 1 aliphatic heterocycles. The molecule has 1 aliphatic rings. The molecule has 0 aromatic heterocycles. The highest BCUT2D eigenvalue weighted by atomic mass is 19.4. The normalized spacial score (nSPS) is 14.7. The molecule has 7 nitrogen and oxygen atoms in total. The summed E-state index contributed by atoms with van der Waals surface area (Å²) >= 11 is 0. The fraction of sp³-hybridized carbons (Fsp3) is 0.300. The Labute approximate surface area is 170 Å². The van der Waals surface area contributed by atoms with Crippen LogP contribution in [0.5, 0.6) is 0 Å². The van der Waals surface area contributed by atoms with Crippen LogP contribution in [0.1, 0.15) is 24.0 Å². The van der Waals surface area contributed by atoms with E-state index in [2.05, 4.69) is 5.32 Å². The fourth-order valence-corrected chi connectivity index (χ4v) is 2.84.